The van der Waals surface area contributed by atoms with Crippen molar-refractivity contribution in [3.63, 3.8) is 0 Å². The predicted molar refractivity (Wildman–Crippen MR) is 143 cm³/mol. The third kappa shape index (κ3) is 5.98. The third-order valence-electron chi connectivity index (χ3n) is 5.91. The van der Waals surface area contributed by atoms with Gasteiger partial charge >= 0.3 is 0 Å². The summed E-state index contributed by atoms with van der Waals surface area (Å²) in [7, 11) is 3.22. The summed E-state index contributed by atoms with van der Waals surface area (Å²) in [5, 5.41) is 2.91. The van der Waals surface area contributed by atoms with E-state index in [1.165, 1.54) is 4.90 Å². The van der Waals surface area contributed by atoms with Crippen LogP contribution in [0.15, 0.2) is 85.1 Å². The predicted octanol–water partition coefficient (Wildman–Crippen LogP) is 5.05. The van der Waals surface area contributed by atoms with Gasteiger partial charge in [-0.15, -0.1) is 0 Å². The number of ether oxygens (including phenoxy) is 2. The Morgan fingerprint density at radius 2 is 1.49 bits per heavy atom. The van der Waals surface area contributed by atoms with E-state index in [2.05, 4.69) is 5.32 Å². The molecule has 4 rings (SSSR count). The molecule has 0 bridgehead atoms. The van der Waals surface area contributed by atoms with E-state index >= 15 is 0 Å². The number of nitrogens with one attached hydrogen (secondary N) is 1. The minimum absolute atomic E-state index is 0.112. The standard InChI is InChI=1S/C29H30N4O4/c1-20(2)32(28(35)22-8-6-5-7-9-22)19-27(34)31-29-30-26(21-10-14-24(36-3)15-11-21)18-33(29)23-12-16-25(37-4)17-13-23/h5-18,20H,19H2,1-4H3,(H,30,31,34). The van der Waals surface area contributed by atoms with Gasteiger partial charge < -0.3 is 14.4 Å². The van der Waals surface area contributed by atoms with Gasteiger partial charge in [0.25, 0.3) is 5.91 Å². The zero-order valence-electron chi connectivity index (χ0n) is 21.3. The Hall–Kier alpha value is -4.59. The van der Waals surface area contributed by atoms with Gasteiger partial charge in [0.1, 0.15) is 18.0 Å². The highest BCUT2D eigenvalue weighted by Crippen LogP contribution is 2.27. The quantitative estimate of drug-likeness (QED) is 0.349. The Labute approximate surface area is 216 Å². The van der Waals surface area contributed by atoms with Crippen molar-refractivity contribution in [2.45, 2.75) is 19.9 Å². The first-order chi connectivity index (χ1) is 17.9. The molecule has 190 valence electrons. The van der Waals surface area contributed by atoms with E-state index < -0.39 is 0 Å². The highest BCUT2D eigenvalue weighted by molar-refractivity contribution is 5.99. The van der Waals surface area contributed by atoms with Crippen molar-refractivity contribution in [3.8, 4) is 28.4 Å². The van der Waals surface area contributed by atoms with Crippen LogP contribution in [0.25, 0.3) is 16.9 Å². The first kappa shape index (κ1) is 25.5. The van der Waals surface area contributed by atoms with Crippen LogP contribution in [-0.4, -0.2) is 53.1 Å². The fourth-order valence-corrected chi connectivity index (χ4v) is 3.86. The van der Waals surface area contributed by atoms with Crippen LogP contribution >= 0.6 is 0 Å². The number of hydrogen-bond acceptors (Lipinski definition) is 5. The molecule has 1 N–H and O–H groups in total. The summed E-state index contributed by atoms with van der Waals surface area (Å²) >= 11 is 0. The number of carbonyl (C=O) groups is 2. The molecule has 0 spiro atoms. The number of rotatable bonds is 9. The van der Waals surface area contributed by atoms with Crippen LogP contribution in [-0.2, 0) is 4.79 Å². The highest BCUT2D eigenvalue weighted by Gasteiger charge is 2.23. The number of carbonyl (C=O) groups excluding carboxylic acids is 2. The second-order valence-electron chi connectivity index (χ2n) is 8.69. The molecule has 1 heterocycles. The van der Waals surface area contributed by atoms with Gasteiger partial charge in [0.15, 0.2) is 0 Å². The summed E-state index contributed by atoms with van der Waals surface area (Å²) in [6.07, 6.45) is 1.86. The van der Waals surface area contributed by atoms with Crippen molar-refractivity contribution < 1.29 is 19.1 Å². The normalized spacial score (nSPS) is 10.7. The van der Waals surface area contributed by atoms with Gasteiger partial charge in [0.2, 0.25) is 11.9 Å². The van der Waals surface area contributed by atoms with E-state index in [1.807, 2.05) is 74.6 Å². The molecule has 1 aromatic heterocycles. The Morgan fingerprint density at radius 1 is 0.892 bits per heavy atom. The van der Waals surface area contributed by atoms with Crippen LogP contribution in [0.4, 0.5) is 5.95 Å². The maximum atomic E-state index is 13.2. The molecular weight excluding hydrogens is 468 g/mol. The number of amides is 2. The third-order valence-corrected chi connectivity index (χ3v) is 5.91. The molecular formula is C29H30N4O4. The molecule has 0 fully saturated rings. The number of benzene rings is 3. The van der Waals surface area contributed by atoms with Crippen molar-refractivity contribution in [1.29, 1.82) is 0 Å². The second kappa shape index (κ2) is 11.4. The summed E-state index contributed by atoms with van der Waals surface area (Å²) < 4.78 is 12.3. The largest absolute Gasteiger partial charge is 0.497 e. The van der Waals surface area contributed by atoms with Gasteiger partial charge in [-0.25, -0.2) is 4.98 Å². The molecule has 2 amide bonds. The number of imidazole rings is 1. The van der Waals surface area contributed by atoms with Crippen molar-refractivity contribution >= 4 is 17.8 Å². The van der Waals surface area contributed by atoms with Crippen LogP contribution in [0.1, 0.15) is 24.2 Å². The van der Waals surface area contributed by atoms with Gasteiger partial charge in [0, 0.05) is 29.1 Å². The fourth-order valence-electron chi connectivity index (χ4n) is 3.86. The van der Waals surface area contributed by atoms with Crippen LogP contribution in [0.5, 0.6) is 11.5 Å². The zero-order chi connectivity index (χ0) is 26.4. The van der Waals surface area contributed by atoms with Crippen molar-refractivity contribution in [2.75, 3.05) is 26.1 Å². The van der Waals surface area contributed by atoms with E-state index in [0.717, 1.165) is 22.7 Å². The number of hydrogen-bond donors (Lipinski definition) is 1. The molecule has 4 aromatic rings. The number of methoxy groups -OCH3 is 2. The van der Waals surface area contributed by atoms with Crippen molar-refractivity contribution in [3.05, 3.63) is 90.6 Å². The van der Waals surface area contributed by atoms with E-state index in [-0.39, 0.29) is 24.4 Å². The molecule has 0 aliphatic carbocycles. The molecule has 0 saturated heterocycles. The van der Waals surface area contributed by atoms with Crippen LogP contribution in [0.2, 0.25) is 0 Å². The number of nitrogens with zero attached hydrogens (tertiary/aromatic N) is 3. The summed E-state index contributed by atoms with van der Waals surface area (Å²) in [5.41, 5.74) is 2.87. The summed E-state index contributed by atoms with van der Waals surface area (Å²) in [6.45, 7) is 3.65. The average molecular weight is 499 g/mol. The SMILES string of the molecule is COc1ccc(-c2cn(-c3ccc(OC)cc3)c(NC(=O)CN(C(=O)c3ccccc3)C(C)C)n2)cc1. The Kier molecular flexibility index (Phi) is 7.88. The minimum atomic E-state index is -0.348. The van der Waals surface area contributed by atoms with Crippen molar-refractivity contribution in [1.82, 2.24) is 14.5 Å². The topological polar surface area (TPSA) is 85.7 Å². The van der Waals surface area contributed by atoms with Gasteiger partial charge in [-0.3, -0.25) is 19.5 Å². The van der Waals surface area contributed by atoms with Crippen LogP contribution < -0.4 is 14.8 Å². The van der Waals surface area contributed by atoms with E-state index in [1.54, 1.807) is 43.1 Å². The van der Waals surface area contributed by atoms with Crippen LogP contribution in [0.3, 0.4) is 0 Å². The lowest BCUT2D eigenvalue weighted by molar-refractivity contribution is -0.117. The summed E-state index contributed by atoms with van der Waals surface area (Å²) in [6, 6.07) is 23.7. The monoisotopic (exact) mass is 498 g/mol. The maximum Gasteiger partial charge on any atom is 0.254 e. The molecule has 0 unspecified atom stereocenters. The first-order valence-corrected chi connectivity index (χ1v) is 11.9. The molecule has 37 heavy (non-hydrogen) atoms. The molecule has 0 saturated carbocycles. The molecule has 3 aromatic carbocycles. The molecule has 8 heteroatoms. The number of anilines is 1. The maximum absolute atomic E-state index is 13.2. The smallest absolute Gasteiger partial charge is 0.254 e. The Morgan fingerprint density at radius 3 is 2.05 bits per heavy atom. The first-order valence-electron chi connectivity index (χ1n) is 11.9. The van der Waals surface area contributed by atoms with E-state index in [0.29, 0.717) is 17.2 Å². The molecule has 8 nitrogen and oxygen atoms in total. The lowest BCUT2D eigenvalue weighted by atomic mass is 10.1. The average Bonchev–Trinajstić information content (AvgIpc) is 3.35. The Bertz CT molecular complexity index is 1350. The van der Waals surface area contributed by atoms with Gasteiger partial charge in [-0.05, 0) is 74.5 Å². The van der Waals surface area contributed by atoms with Gasteiger partial charge in [-0.2, -0.15) is 0 Å². The van der Waals surface area contributed by atoms with Crippen molar-refractivity contribution in [2.24, 2.45) is 0 Å². The molecule has 0 atom stereocenters. The summed E-state index contributed by atoms with van der Waals surface area (Å²) in [4.78, 5) is 32.5. The van der Waals surface area contributed by atoms with Crippen LogP contribution in [0, 0.1) is 0 Å². The molecule has 0 aliphatic rings. The molecule has 0 aliphatic heterocycles. The lowest BCUT2D eigenvalue weighted by Gasteiger charge is -2.26. The fraction of sp³-hybridized carbons (Fsp3) is 0.207. The Balaban J connectivity index is 1.63. The lowest BCUT2D eigenvalue weighted by Crippen LogP contribution is -2.42. The van der Waals surface area contributed by atoms with Gasteiger partial charge in [0.05, 0.1) is 19.9 Å². The van der Waals surface area contributed by atoms with E-state index in [4.69, 9.17) is 14.5 Å². The number of aromatic nitrogens is 2. The van der Waals surface area contributed by atoms with Gasteiger partial charge in [-0.1, -0.05) is 18.2 Å². The zero-order valence-corrected chi connectivity index (χ0v) is 21.3. The second-order valence-corrected chi connectivity index (χ2v) is 8.69. The van der Waals surface area contributed by atoms with E-state index in [9.17, 15) is 9.59 Å². The highest BCUT2D eigenvalue weighted by atomic mass is 16.5. The molecule has 0 radical (unpaired) electrons. The minimum Gasteiger partial charge on any atom is -0.497 e. The summed E-state index contributed by atoms with van der Waals surface area (Å²) in [5.74, 6) is 1.25.